The van der Waals surface area contributed by atoms with Crippen molar-refractivity contribution in [2.75, 3.05) is 31.1 Å². The van der Waals surface area contributed by atoms with Gasteiger partial charge in [-0.1, -0.05) is 30.3 Å². The van der Waals surface area contributed by atoms with Gasteiger partial charge in [-0.15, -0.1) is 0 Å². The first kappa shape index (κ1) is 21.1. The number of hydrogen-bond acceptors (Lipinski definition) is 4. The number of hydrogen-bond donors (Lipinski definition) is 1. The number of aryl methyl sites for hydroxylation is 1. The Morgan fingerprint density at radius 2 is 1.84 bits per heavy atom. The molecule has 0 atom stereocenters. The second-order valence-electron chi connectivity index (χ2n) is 8.14. The van der Waals surface area contributed by atoms with Crippen LogP contribution in [0.3, 0.4) is 0 Å². The number of likely N-dealkylation sites (tertiary alicyclic amines) is 1. The van der Waals surface area contributed by atoms with Gasteiger partial charge in [0.25, 0.3) is 0 Å². The van der Waals surface area contributed by atoms with E-state index in [1.807, 2.05) is 55.5 Å². The number of aromatic amines is 1. The Labute approximate surface area is 182 Å². The van der Waals surface area contributed by atoms with E-state index in [4.69, 9.17) is 4.74 Å². The Balaban J connectivity index is 1.56. The van der Waals surface area contributed by atoms with Crippen LogP contribution in [0.5, 0.6) is 0 Å². The number of benzene rings is 2. The third-order valence-corrected chi connectivity index (χ3v) is 5.92. The van der Waals surface area contributed by atoms with Crippen molar-refractivity contribution >= 4 is 28.5 Å². The normalized spacial score (nSPS) is 14.1. The number of carbonyl (C=O) groups is 2. The summed E-state index contributed by atoms with van der Waals surface area (Å²) in [6, 6.07) is 15.4. The molecule has 2 aromatic carbocycles. The molecule has 2 heterocycles. The van der Waals surface area contributed by atoms with Gasteiger partial charge >= 0.3 is 5.97 Å². The first-order chi connectivity index (χ1) is 15.0. The van der Waals surface area contributed by atoms with Crippen molar-refractivity contribution in [3.63, 3.8) is 0 Å². The lowest BCUT2D eigenvalue weighted by molar-refractivity contribution is -0.116. The number of rotatable bonds is 7. The van der Waals surface area contributed by atoms with Crippen molar-refractivity contribution in [3.8, 4) is 0 Å². The van der Waals surface area contributed by atoms with Gasteiger partial charge in [-0.25, -0.2) is 4.79 Å². The van der Waals surface area contributed by atoms with Crippen molar-refractivity contribution in [3.05, 3.63) is 65.4 Å². The second-order valence-corrected chi connectivity index (χ2v) is 8.14. The predicted molar refractivity (Wildman–Crippen MR) is 122 cm³/mol. The summed E-state index contributed by atoms with van der Waals surface area (Å²) in [5.41, 5.74) is 3.89. The van der Waals surface area contributed by atoms with E-state index in [2.05, 4.69) is 9.88 Å². The summed E-state index contributed by atoms with van der Waals surface area (Å²) in [6.07, 6.45) is 2.45. The van der Waals surface area contributed by atoms with Gasteiger partial charge in [-0.2, -0.15) is 0 Å². The summed E-state index contributed by atoms with van der Waals surface area (Å²) >= 11 is 0. The molecule has 6 heteroatoms. The van der Waals surface area contributed by atoms with E-state index in [1.165, 1.54) is 12.8 Å². The van der Waals surface area contributed by atoms with Gasteiger partial charge < -0.3 is 19.5 Å². The molecule has 1 aliphatic heterocycles. The molecule has 1 N–H and O–H groups in total. The maximum atomic E-state index is 12.9. The van der Waals surface area contributed by atoms with Crippen molar-refractivity contribution in [2.24, 2.45) is 0 Å². The van der Waals surface area contributed by atoms with E-state index in [1.54, 1.807) is 11.8 Å². The van der Waals surface area contributed by atoms with E-state index >= 15 is 0 Å². The molecule has 1 fully saturated rings. The van der Waals surface area contributed by atoms with Crippen LogP contribution >= 0.6 is 0 Å². The minimum absolute atomic E-state index is 0.000918. The highest BCUT2D eigenvalue weighted by molar-refractivity contribution is 6.07. The topological polar surface area (TPSA) is 65.6 Å². The van der Waals surface area contributed by atoms with E-state index in [-0.39, 0.29) is 18.5 Å². The highest BCUT2D eigenvalue weighted by Crippen LogP contribution is 2.28. The number of nitrogens with one attached hydrogen (secondary N) is 1. The smallest absolute Gasteiger partial charge is 0.340 e. The van der Waals surface area contributed by atoms with Crippen LogP contribution in [0.15, 0.2) is 48.5 Å². The molecule has 1 aliphatic rings. The molecule has 0 unspecified atom stereocenters. The van der Waals surface area contributed by atoms with Crippen LogP contribution in [0.25, 0.3) is 10.9 Å². The van der Waals surface area contributed by atoms with E-state index < -0.39 is 0 Å². The Morgan fingerprint density at radius 1 is 1.10 bits per heavy atom. The summed E-state index contributed by atoms with van der Waals surface area (Å²) in [5, 5.41) is 0.778. The SMILES string of the molecule is CC(=O)N(CCN1CCCC1)c1ccc2[nH]c(C)c(C(=O)OCc3ccccc3)c2c1. The molecule has 1 amide bonds. The number of fused-ring (bicyclic) bond motifs is 1. The number of esters is 1. The van der Waals surface area contributed by atoms with Crippen LogP contribution in [0.1, 0.15) is 41.4 Å². The zero-order chi connectivity index (χ0) is 21.8. The number of amides is 1. The fraction of sp³-hybridized carbons (Fsp3) is 0.360. The molecule has 0 bridgehead atoms. The fourth-order valence-electron chi connectivity index (χ4n) is 4.26. The van der Waals surface area contributed by atoms with Crippen LogP contribution in [0.4, 0.5) is 5.69 Å². The summed E-state index contributed by atoms with van der Waals surface area (Å²) in [6.45, 7) is 7.37. The summed E-state index contributed by atoms with van der Waals surface area (Å²) < 4.78 is 5.58. The lowest BCUT2D eigenvalue weighted by Crippen LogP contribution is -2.36. The maximum absolute atomic E-state index is 12.9. The average molecular weight is 420 g/mol. The van der Waals surface area contributed by atoms with Gasteiger partial charge in [0, 0.05) is 42.3 Å². The van der Waals surface area contributed by atoms with Gasteiger partial charge in [-0.05, 0) is 56.6 Å². The zero-order valence-electron chi connectivity index (χ0n) is 18.2. The molecule has 1 saturated heterocycles. The maximum Gasteiger partial charge on any atom is 0.340 e. The number of carbonyl (C=O) groups excluding carboxylic acids is 2. The summed E-state index contributed by atoms with van der Waals surface area (Å²) in [7, 11) is 0. The highest BCUT2D eigenvalue weighted by atomic mass is 16.5. The van der Waals surface area contributed by atoms with Gasteiger partial charge in [0.15, 0.2) is 0 Å². The molecule has 0 aliphatic carbocycles. The predicted octanol–water partition coefficient (Wildman–Crippen LogP) is 4.28. The highest BCUT2D eigenvalue weighted by Gasteiger charge is 2.21. The number of aromatic nitrogens is 1. The average Bonchev–Trinajstić information content (AvgIpc) is 3.39. The van der Waals surface area contributed by atoms with Crippen molar-refractivity contribution in [1.29, 1.82) is 0 Å². The Hall–Kier alpha value is -3.12. The molecule has 1 aromatic heterocycles. The molecule has 0 saturated carbocycles. The summed E-state index contributed by atoms with van der Waals surface area (Å²) in [4.78, 5) is 32.7. The first-order valence-corrected chi connectivity index (χ1v) is 10.9. The van der Waals surface area contributed by atoms with Crippen molar-refractivity contribution in [2.45, 2.75) is 33.3 Å². The van der Waals surface area contributed by atoms with Crippen molar-refractivity contribution < 1.29 is 14.3 Å². The van der Waals surface area contributed by atoms with Gasteiger partial charge in [-0.3, -0.25) is 4.79 Å². The van der Waals surface area contributed by atoms with Gasteiger partial charge in [0.2, 0.25) is 5.91 Å². The molecular formula is C25H29N3O3. The second kappa shape index (κ2) is 9.35. The quantitative estimate of drug-likeness (QED) is 0.581. The summed E-state index contributed by atoms with van der Waals surface area (Å²) in [5.74, 6) is -0.366. The number of nitrogens with zero attached hydrogens (tertiary/aromatic N) is 2. The number of ether oxygens (including phenoxy) is 1. The Morgan fingerprint density at radius 3 is 2.55 bits per heavy atom. The lowest BCUT2D eigenvalue weighted by Gasteiger charge is -2.24. The number of H-pyrrole nitrogens is 1. The molecule has 0 radical (unpaired) electrons. The van der Waals surface area contributed by atoms with Gasteiger partial charge in [0.1, 0.15) is 6.61 Å². The Bertz CT molecular complexity index is 1070. The molecule has 162 valence electrons. The molecular weight excluding hydrogens is 390 g/mol. The third kappa shape index (κ3) is 4.80. The zero-order valence-corrected chi connectivity index (χ0v) is 18.2. The molecule has 0 spiro atoms. The third-order valence-electron chi connectivity index (χ3n) is 5.92. The van der Waals surface area contributed by atoms with Gasteiger partial charge in [0.05, 0.1) is 5.56 Å². The lowest BCUT2D eigenvalue weighted by atomic mass is 10.1. The first-order valence-electron chi connectivity index (χ1n) is 10.9. The van der Waals surface area contributed by atoms with Crippen LogP contribution in [-0.2, 0) is 16.1 Å². The van der Waals surface area contributed by atoms with Crippen molar-refractivity contribution in [1.82, 2.24) is 9.88 Å². The van der Waals surface area contributed by atoms with Crippen LogP contribution in [0.2, 0.25) is 0 Å². The standard InChI is InChI=1S/C25H29N3O3/c1-18-24(25(30)31-17-20-8-4-3-5-9-20)22-16-21(10-11-23(22)26-18)28(19(2)29)15-14-27-12-6-7-13-27/h3-5,8-11,16,26H,6-7,12-15,17H2,1-2H3. The van der Waals surface area contributed by atoms with E-state index in [9.17, 15) is 9.59 Å². The van der Waals surface area contributed by atoms with E-state index in [0.717, 1.165) is 47.5 Å². The minimum atomic E-state index is -0.365. The van der Waals surface area contributed by atoms with Crippen LogP contribution < -0.4 is 4.90 Å². The largest absolute Gasteiger partial charge is 0.457 e. The number of anilines is 1. The molecule has 31 heavy (non-hydrogen) atoms. The molecule has 3 aromatic rings. The minimum Gasteiger partial charge on any atom is -0.457 e. The van der Waals surface area contributed by atoms with E-state index in [0.29, 0.717) is 12.1 Å². The van der Waals surface area contributed by atoms with Crippen LogP contribution in [-0.4, -0.2) is 47.9 Å². The Kier molecular flexibility index (Phi) is 6.37. The molecule has 4 rings (SSSR count). The fourth-order valence-corrected chi connectivity index (χ4v) is 4.26. The molecule has 6 nitrogen and oxygen atoms in total. The monoisotopic (exact) mass is 419 g/mol. The van der Waals surface area contributed by atoms with Crippen LogP contribution in [0, 0.1) is 6.92 Å².